The van der Waals surface area contributed by atoms with E-state index >= 15 is 0 Å². The van der Waals surface area contributed by atoms with Crippen LogP contribution in [0.25, 0.3) is 0 Å². The molecule has 0 fully saturated rings. The first-order valence-corrected chi connectivity index (χ1v) is 8.55. The lowest BCUT2D eigenvalue weighted by atomic mass is 9.74. The summed E-state index contributed by atoms with van der Waals surface area (Å²) < 4.78 is 36.9. The lowest BCUT2D eigenvalue weighted by Gasteiger charge is -2.32. The fourth-order valence-corrected chi connectivity index (χ4v) is 4.24. The van der Waals surface area contributed by atoms with Crippen molar-refractivity contribution in [3.8, 4) is 5.75 Å². The molecule has 0 bridgehead atoms. The van der Waals surface area contributed by atoms with E-state index in [0.29, 0.717) is 23.4 Å². The number of fused-ring (bicyclic) bond motifs is 4. The van der Waals surface area contributed by atoms with Crippen LogP contribution in [0.15, 0.2) is 59.6 Å². The molecule has 2 aliphatic heterocycles. The molecule has 0 aliphatic carbocycles. The second-order valence-electron chi connectivity index (χ2n) is 6.38. The van der Waals surface area contributed by atoms with E-state index in [9.17, 15) is 8.63 Å². The Balaban J connectivity index is 2.11. The van der Waals surface area contributed by atoms with Crippen molar-refractivity contribution in [1.29, 1.82) is 0 Å². The fraction of sp³-hybridized carbons (Fsp3) is 0.167. The second-order valence-corrected chi connectivity index (χ2v) is 7.30. The summed E-state index contributed by atoms with van der Waals surface area (Å²) in [6.45, 7) is 5.83. The highest BCUT2D eigenvalue weighted by molar-refractivity contribution is 9.10. The third-order valence-corrected chi connectivity index (χ3v) is 5.33. The maximum absolute atomic E-state index is 14.9. The maximum atomic E-state index is 14.9. The van der Waals surface area contributed by atoms with E-state index in [1.165, 1.54) is 0 Å². The van der Waals surface area contributed by atoms with Crippen molar-refractivity contribution in [1.82, 2.24) is 0 Å². The summed E-state index contributed by atoms with van der Waals surface area (Å²) in [5.41, 5.74) is 2.06. The fourth-order valence-electron chi connectivity index (χ4n) is 3.88. The monoisotopic (exact) mass is 389 g/mol. The molecule has 0 N–H and O–H groups in total. The average molecular weight is 390 g/mol. The first-order valence-electron chi connectivity index (χ1n) is 7.76. The van der Waals surface area contributed by atoms with Gasteiger partial charge in [0.2, 0.25) is 0 Å². The molecule has 0 saturated carbocycles. The maximum Gasteiger partial charge on any atom is 0.834 e. The van der Waals surface area contributed by atoms with Crippen LogP contribution in [-0.4, -0.2) is 17.2 Å². The van der Waals surface area contributed by atoms with Gasteiger partial charge >= 0.3 is 7.04 Å². The molecule has 1 unspecified atom stereocenters. The number of para-hydroxylation sites is 1. The molecular weight excluding hydrogens is 375 g/mol. The number of allylic oxidation sites excluding steroid dienone is 1. The van der Waals surface area contributed by atoms with E-state index in [-0.39, 0.29) is 5.75 Å². The van der Waals surface area contributed by atoms with Crippen molar-refractivity contribution in [2.24, 2.45) is 0 Å². The van der Waals surface area contributed by atoms with Gasteiger partial charge in [0.15, 0.2) is 11.4 Å². The number of hydrogen-bond acceptors (Lipinski definition) is 1. The SMILES string of the molecule is C=CCC1(C)C2=[N+](c3ccc(Br)cc31)[B-](F)(F)Oc1ccccc12. The first-order chi connectivity index (χ1) is 11.4. The van der Waals surface area contributed by atoms with E-state index in [1.807, 2.05) is 25.1 Å². The molecule has 0 spiro atoms. The Hall–Kier alpha value is -1.95. The van der Waals surface area contributed by atoms with Crippen LogP contribution in [-0.2, 0) is 5.41 Å². The van der Waals surface area contributed by atoms with Gasteiger partial charge in [-0.25, -0.2) is 0 Å². The number of hydrogen-bond donors (Lipinski definition) is 0. The number of halogens is 3. The summed E-state index contributed by atoms with van der Waals surface area (Å²) >= 11 is 3.46. The predicted molar refractivity (Wildman–Crippen MR) is 95.4 cm³/mol. The van der Waals surface area contributed by atoms with E-state index in [4.69, 9.17) is 4.65 Å². The van der Waals surface area contributed by atoms with Crippen LogP contribution in [0.5, 0.6) is 5.75 Å². The Labute approximate surface area is 147 Å². The Morgan fingerprint density at radius 3 is 2.79 bits per heavy atom. The van der Waals surface area contributed by atoms with Gasteiger partial charge in [0.05, 0.1) is 16.7 Å². The first kappa shape index (κ1) is 15.6. The zero-order valence-electron chi connectivity index (χ0n) is 13.1. The molecule has 4 rings (SSSR count). The third-order valence-electron chi connectivity index (χ3n) is 4.84. The molecule has 0 saturated heterocycles. The minimum absolute atomic E-state index is 0.232. The molecule has 2 nitrogen and oxygen atoms in total. The van der Waals surface area contributed by atoms with Crippen LogP contribution in [0.1, 0.15) is 24.5 Å². The van der Waals surface area contributed by atoms with Crippen LogP contribution in [0.4, 0.5) is 14.3 Å². The molecule has 122 valence electrons. The van der Waals surface area contributed by atoms with Gasteiger partial charge in [-0.15, -0.1) is 6.58 Å². The molecule has 2 aromatic rings. The normalized spacial score (nSPS) is 23.2. The van der Waals surface area contributed by atoms with Crippen molar-refractivity contribution in [2.75, 3.05) is 0 Å². The van der Waals surface area contributed by atoms with Crippen LogP contribution in [0, 0.1) is 0 Å². The van der Waals surface area contributed by atoms with Gasteiger partial charge < -0.3 is 17.8 Å². The van der Waals surface area contributed by atoms with Crippen molar-refractivity contribution in [2.45, 2.75) is 18.8 Å². The van der Waals surface area contributed by atoms with Crippen LogP contribution < -0.4 is 4.65 Å². The van der Waals surface area contributed by atoms with Crippen LogP contribution in [0.3, 0.4) is 0 Å². The summed E-state index contributed by atoms with van der Waals surface area (Å²) in [6, 6.07) is 12.4. The van der Waals surface area contributed by atoms with E-state index in [2.05, 4.69) is 22.5 Å². The minimum atomic E-state index is -4.19. The Morgan fingerprint density at radius 2 is 2.04 bits per heavy atom. The Kier molecular flexibility index (Phi) is 3.26. The molecule has 1 atom stereocenters. The molecular formula is C18H15BBrF2NO. The van der Waals surface area contributed by atoms with Gasteiger partial charge in [0, 0.05) is 16.1 Å². The average Bonchev–Trinajstić information content (AvgIpc) is 2.78. The van der Waals surface area contributed by atoms with Gasteiger partial charge in [0.1, 0.15) is 0 Å². The van der Waals surface area contributed by atoms with E-state index < -0.39 is 12.5 Å². The second kappa shape index (κ2) is 5.02. The Bertz CT molecular complexity index is 912. The highest BCUT2D eigenvalue weighted by Gasteiger charge is 2.61. The van der Waals surface area contributed by atoms with Crippen LogP contribution >= 0.6 is 15.9 Å². The lowest BCUT2D eigenvalue weighted by molar-refractivity contribution is -0.346. The molecule has 2 aromatic carbocycles. The lowest BCUT2D eigenvalue weighted by Crippen LogP contribution is -2.50. The summed E-state index contributed by atoms with van der Waals surface area (Å²) in [5.74, 6) is 0.232. The molecule has 0 amide bonds. The van der Waals surface area contributed by atoms with Crippen molar-refractivity contribution in [3.05, 3.63) is 70.7 Å². The zero-order valence-corrected chi connectivity index (χ0v) is 14.7. The summed E-state index contributed by atoms with van der Waals surface area (Å²) in [7, 11) is -4.19. The minimum Gasteiger partial charge on any atom is -0.599 e. The Morgan fingerprint density at radius 1 is 1.29 bits per heavy atom. The summed E-state index contributed by atoms with van der Waals surface area (Å²) in [4.78, 5) is 0. The van der Waals surface area contributed by atoms with Gasteiger partial charge in [-0.05, 0) is 37.6 Å². The number of nitrogens with zero attached hydrogens (tertiary/aromatic N) is 1. The number of rotatable bonds is 2. The molecule has 0 radical (unpaired) electrons. The van der Waals surface area contributed by atoms with Crippen LogP contribution in [0.2, 0.25) is 0 Å². The highest BCUT2D eigenvalue weighted by Crippen LogP contribution is 2.50. The smallest absolute Gasteiger partial charge is 0.599 e. The summed E-state index contributed by atoms with van der Waals surface area (Å²) in [5, 5.41) is 0. The molecule has 0 aromatic heterocycles. The highest BCUT2D eigenvalue weighted by atomic mass is 79.9. The van der Waals surface area contributed by atoms with Gasteiger partial charge in [-0.2, -0.15) is 0 Å². The quantitative estimate of drug-likeness (QED) is 0.508. The molecule has 24 heavy (non-hydrogen) atoms. The molecule has 2 aliphatic rings. The van der Waals surface area contributed by atoms with Crippen molar-refractivity contribution < 1.29 is 17.8 Å². The van der Waals surface area contributed by atoms with Gasteiger partial charge in [-0.3, -0.25) is 0 Å². The zero-order chi connectivity index (χ0) is 17.1. The van der Waals surface area contributed by atoms with E-state index in [0.717, 1.165) is 14.5 Å². The van der Waals surface area contributed by atoms with Gasteiger partial charge in [-0.1, -0.05) is 34.1 Å². The largest absolute Gasteiger partial charge is 0.834 e. The standard InChI is InChI=1S/C18H15BBrF2NO/c1-3-10-18(2)14-11-12(20)8-9-15(14)23-17(18)13-6-4-5-7-16(13)24-19(23,21)22/h3-9,11H,1,10H2,2H3. The molecule has 2 heterocycles. The summed E-state index contributed by atoms with van der Waals surface area (Å²) in [6.07, 6.45) is 2.34. The topological polar surface area (TPSA) is 12.2 Å². The van der Waals surface area contributed by atoms with Crippen molar-refractivity contribution >= 4 is 34.4 Å². The molecule has 6 heteroatoms. The number of benzene rings is 2. The van der Waals surface area contributed by atoms with Gasteiger partial charge in [0.25, 0.3) is 0 Å². The van der Waals surface area contributed by atoms with E-state index in [1.54, 1.807) is 30.3 Å². The predicted octanol–water partition coefficient (Wildman–Crippen LogP) is 5.20. The third kappa shape index (κ3) is 1.95. The van der Waals surface area contributed by atoms with Crippen molar-refractivity contribution in [3.63, 3.8) is 0 Å².